The van der Waals surface area contributed by atoms with Crippen molar-refractivity contribution in [2.24, 2.45) is 0 Å². The van der Waals surface area contributed by atoms with E-state index in [4.69, 9.17) is 11.6 Å². The van der Waals surface area contributed by atoms with Gasteiger partial charge in [0, 0.05) is 14.0 Å². The lowest BCUT2D eigenvalue weighted by Gasteiger charge is -2.11. The van der Waals surface area contributed by atoms with Crippen LogP contribution in [0.5, 0.6) is 0 Å². The largest absolute Gasteiger partial charge is 0.280 e. The first-order valence-electron chi connectivity index (χ1n) is 5.53. The molecular formula is C13H10Br2ClNO2S. The van der Waals surface area contributed by atoms with Gasteiger partial charge in [-0.25, -0.2) is 8.42 Å². The smallest absolute Gasteiger partial charge is 0.263 e. The predicted octanol–water partition coefficient (Wildman–Crippen LogP) is 4.97. The van der Waals surface area contributed by atoms with Crippen LogP contribution in [0.1, 0.15) is 5.56 Å². The van der Waals surface area contributed by atoms with Crippen LogP contribution in [0.25, 0.3) is 0 Å². The van der Waals surface area contributed by atoms with Gasteiger partial charge in [-0.1, -0.05) is 33.6 Å². The summed E-state index contributed by atoms with van der Waals surface area (Å²) in [6, 6.07) is 9.86. The Morgan fingerprint density at radius 2 is 1.80 bits per heavy atom. The molecule has 0 amide bonds. The third kappa shape index (κ3) is 3.55. The summed E-state index contributed by atoms with van der Waals surface area (Å²) in [5.74, 6) is 0. The van der Waals surface area contributed by atoms with E-state index in [1.165, 1.54) is 0 Å². The van der Waals surface area contributed by atoms with E-state index in [9.17, 15) is 8.42 Å². The van der Waals surface area contributed by atoms with Gasteiger partial charge in [0.1, 0.15) is 4.90 Å². The topological polar surface area (TPSA) is 46.2 Å². The minimum Gasteiger partial charge on any atom is -0.280 e. The first-order valence-corrected chi connectivity index (χ1v) is 8.98. The Bertz CT molecular complexity index is 763. The maximum Gasteiger partial charge on any atom is 0.263 e. The van der Waals surface area contributed by atoms with Gasteiger partial charge < -0.3 is 0 Å². The zero-order valence-corrected chi connectivity index (χ0v) is 15.1. The fraction of sp³-hybridized carbons (Fsp3) is 0.0769. The van der Waals surface area contributed by atoms with Crippen LogP contribution >= 0.6 is 43.5 Å². The Kier molecular flexibility index (Phi) is 4.79. The Labute approximate surface area is 139 Å². The summed E-state index contributed by atoms with van der Waals surface area (Å²) in [6.45, 7) is 1.88. The second kappa shape index (κ2) is 6.05. The molecule has 106 valence electrons. The molecule has 0 atom stereocenters. The van der Waals surface area contributed by atoms with Crippen molar-refractivity contribution in [2.75, 3.05) is 4.72 Å². The minimum absolute atomic E-state index is 0.162. The zero-order valence-electron chi connectivity index (χ0n) is 10.3. The molecule has 1 N–H and O–H groups in total. The SMILES string of the molecule is Cc1cc(Br)c(S(=O)(=O)Nc2cccc(Cl)c2)cc1Br. The molecule has 3 nitrogen and oxygen atoms in total. The first kappa shape index (κ1) is 15.8. The second-order valence-corrected chi connectivity index (χ2v) is 7.94. The van der Waals surface area contributed by atoms with E-state index < -0.39 is 10.0 Å². The van der Waals surface area contributed by atoms with Crippen molar-refractivity contribution in [1.29, 1.82) is 0 Å². The number of benzene rings is 2. The summed E-state index contributed by atoms with van der Waals surface area (Å²) in [4.78, 5) is 0.162. The average Bonchev–Trinajstić information content (AvgIpc) is 2.33. The van der Waals surface area contributed by atoms with Crippen molar-refractivity contribution in [3.05, 3.63) is 55.9 Å². The van der Waals surface area contributed by atoms with E-state index in [1.54, 1.807) is 36.4 Å². The average molecular weight is 440 g/mol. The molecule has 0 radical (unpaired) electrons. The molecule has 0 aliphatic rings. The Morgan fingerprint density at radius 3 is 2.45 bits per heavy atom. The minimum atomic E-state index is -3.69. The molecule has 7 heteroatoms. The highest BCUT2D eigenvalue weighted by molar-refractivity contribution is 9.11. The highest BCUT2D eigenvalue weighted by Gasteiger charge is 2.19. The first-order chi connectivity index (χ1) is 9.29. The molecule has 2 aromatic rings. The van der Waals surface area contributed by atoms with E-state index in [0.717, 1.165) is 10.0 Å². The molecule has 0 aliphatic heterocycles. The van der Waals surface area contributed by atoms with Crippen molar-refractivity contribution in [2.45, 2.75) is 11.8 Å². The van der Waals surface area contributed by atoms with E-state index >= 15 is 0 Å². The molecule has 0 spiro atoms. The van der Waals surface area contributed by atoms with Crippen LogP contribution in [-0.4, -0.2) is 8.42 Å². The van der Waals surface area contributed by atoms with Gasteiger partial charge in [0.2, 0.25) is 0 Å². The van der Waals surface area contributed by atoms with Crippen molar-refractivity contribution in [3.8, 4) is 0 Å². The summed E-state index contributed by atoms with van der Waals surface area (Å²) >= 11 is 12.5. The quantitative estimate of drug-likeness (QED) is 0.734. The van der Waals surface area contributed by atoms with Crippen molar-refractivity contribution in [3.63, 3.8) is 0 Å². The molecule has 2 rings (SSSR count). The number of anilines is 1. The summed E-state index contributed by atoms with van der Waals surface area (Å²) in [7, 11) is -3.69. The molecule has 0 fully saturated rings. The van der Waals surface area contributed by atoms with Crippen LogP contribution in [0.3, 0.4) is 0 Å². The predicted molar refractivity (Wildman–Crippen MR) is 88.8 cm³/mol. The lowest BCUT2D eigenvalue weighted by atomic mass is 10.2. The number of hydrogen-bond acceptors (Lipinski definition) is 2. The third-order valence-electron chi connectivity index (χ3n) is 2.58. The maximum atomic E-state index is 12.4. The van der Waals surface area contributed by atoms with Gasteiger partial charge in [-0.15, -0.1) is 0 Å². The van der Waals surface area contributed by atoms with Gasteiger partial charge in [-0.3, -0.25) is 4.72 Å². The summed E-state index contributed by atoms with van der Waals surface area (Å²) in [5, 5.41) is 0.467. The van der Waals surface area contributed by atoms with Crippen LogP contribution in [-0.2, 0) is 10.0 Å². The van der Waals surface area contributed by atoms with Gasteiger partial charge in [0.15, 0.2) is 0 Å². The molecule has 0 aliphatic carbocycles. The number of aryl methyl sites for hydroxylation is 1. The maximum absolute atomic E-state index is 12.4. The summed E-state index contributed by atoms with van der Waals surface area (Å²) in [6.07, 6.45) is 0. The lowest BCUT2D eigenvalue weighted by Crippen LogP contribution is -2.13. The number of sulfonamides is 1. The summed E-state index contributed by atoms with van der Waals surface area (Å²) < 4.78 is 28.5. The fourth-order valence-corrected chi connectivity index (χ4v) is 4.51. The molecule has 20 heavy (non-hydrogen) atoms. The van der Waals surface area contributed by atoms with Crippen molar-refractivity contribution < 1.29 is 8.42 Å². The van der Waals surface area contributed by atoms with Crippen LogP contribution in [0.15, 0.2) is 50.2 Å². The van der Waals surface area contributed by atoms with E-state index in [0.29, 0.717) is 15.2 Å². The number of halogens is 3. The Hall–Kier alpha value is -0.560. The van der Waals surface area contributed by atoms with Crippen LogP contribution in [0.4, 0.5) is 5.69 Å². The molecule has 0 unspecified atom stereocenters. The Balaban J connectivity index is 2.43. The highest BCUT2D eigenvalue weighted by Crippen LogP contribution is 2.30. The third-order valence-corrected chi connectivity index (χ3v) is 6.01. The van der Waals surface area contributed by atoms with Crippen LogP contribution < -0.4 is 4.72 Å². The van der Waals surface area contributed by atoms with Crippen molar-refractivity contribution >= 4 is 59.2 Å². The number of hydrogen-bond donors (Lipinski definition) is 1. The molecule has 0 aromatic heterocycles. The second-order valence-electron chi connectivity index (χ2n) is 4.15. The van der Waals surface area contributed by atoms with Gasteiger partial charge in [-0.05, 0) is 58.7 Å². The normalized spacial score (nSPS) is 11.4. The molecule has 2 aromatic carbocycles. The van der Waals surface area contributed by atoms with Crippen LogP contribution in [0.2, 0.25) is 5.02 Å². The monoisotopic (exact) mass is 437 g/mol. The molecule has 0 bridgehead atoms. The molecule has 0 saturated carbocycles. The van der Waals surface area contributed by atoms with Gasteiger partial charge in [0.25, 0.3) is 10.0 Å². The fourth-order valence-electron chi connectivity index (χ4n) is 1.60. The lowest BCUT2D eigenvalue weighted by molar-refractivity contribution is 0.600. The molecule has 0 heterocycles. The Morgan fingerprint density at radius 1 is 1.10 bits per heavy atom. The standard InChI is InChI=1S/C13H10Br2ClNO2S/c1-8-5-12(15)13(7-11(8)14)20(18,19)17-10-4-2-3-9(16)6-10/h2-7,17H,1H3. The highest BCUT2D eigenvalue weighted by atomic mass is 79.9. The van der Waals surface area contributed by atoms with E-state index in [1.807, 2.05) is 6.92 Å². The molecular weight excluding hydrogens is 429 g/mol. The summed E-state index contributed by atoms with van der Waals surface area (Å²) in [5.41, 5.74) is 1.36. The number of nitrogens with one attached hydrogen (secondary N) is 1. The van der Waals surface area contributed by atoms with E-state index in [2.05, 4.69) is 36.6 Å². The zero-order chi connectivity index (χ0) is 14.9. The number of rotatable bonds is 3. The van der Waals surface area contributed by atoms with Gasteiger partial charge >= 0.3 is 0 Å². The molecule has 0 saturated heterocycles. The van der Waals surface area contributed by atoms with Crippen LogP contribution in [0, 0.1) is 6.92 Å². The van der Waals surface area contributed by atoms with E-state index in [-0.39, 0.29) is 4.90 Å². The van der Waals surface area contributed by atoms with Gasteiger partial charge in [-0.2, -0.15) is 0 Å². The van der Waals surface area contributed by atoms with Gasteiger partial charge in [0.05, 0.1) is 5.69 Å². The van der Waals surface area contributed by atoms with Crippen molar-refractivity contribution in [1.82, 2.24) is 0 Å².